The van der Waals surface area contributed by atoms with Crippen LogP contribution in [0.3, 0.4) is 0 Å². The van der Waals surface area contributed by atoms with E-state index in [4.69, 9.17) is 4.74 Å². The fourth-order valence-electron chi connectivity index (χ4n) is 2.33. The average Bonchev–Trinajstić information content (AvgIpc) is 2.55. The molecule has 1 saturated heterocycles. The van der Waals surface area contributed by atoms with E-state index in [2.05, 4.69) is 5.32 Å². The van der Waals surface area contributed by atoms with Crippen molar-refractivity contribution in [3.63, 3.8) is 0 Å². The molecule has 1 aromatic carbocycles. The van der Waals surface area contributed by atoms with Gasteiger partial charge in [-0.2, -0.15) is 0 Å². The molecule has 0 radical (unpaired) electrons. The fourth-order valence-corrected chi connectivity index (χ4v) is 2.33. The molecule has 2 rings (SSSR count). The first-order valence-electron chi connectivity index (χ1n) is 5.89. The Morgan fingerprint density at radius 2 is 2.12 bits per heavy atom. The number of methoxy groups -OCH3 is 1. The van der Waals surface area contributed by atoms with E-state index in [1.54, 1.807) is 0 Å². The van der Waals surface area contributed by atoms with Crippen LogP contribution in [-0.4, -0.2) is 20.2 Å². The van der Waals surface area contributed by atoms with Crippen molar-refractivity contribution in [3.05, 3.63) is 29.6 Å². The fraction of sp³-hybridized carbons (Fsp3) is 0.538. The van der Waals surface area contributed by atoms with Crippen LogP contribution in [0.2, 0.25) is 0 Å². The highest BCUT2D eigenvalue weighted by atomic mass is 19.1. The summed E-state index contributed by atoms with van der Waals surface area (Å²) in [5, 5.41) is 3.15. The Morgan fingerprint density at radius 1 is 1.29 bits per heavy atom. The largest absolute Gasteiger partial charge is 0.496 e. The van der Waals surface area contributed by atoms with Gasteiger partial charge >= 0.3 is 0 Å². The first kappa shape index (κ1) is 12.3. The van der Waals surface area contributed by atoms with Crippen molar-refractivity contribution < 1.29 is 13.5 Å². The highest BCUT2D eigenvalue weighted by molar-refractivity contribution is 5.38. The first-order chi connectivity index (χ1) is 8.15. The number of rotatable bonds is 2. The molecular formula is C13H17F2NO. The summed E-state index contributed by atoms with van der Waals surface area (Å²) in [5.41, 5.74) is -1.15. The van der Waals surface area contributed by atoms with Gasteiger partial charge in [0.05, 0.1) is 7.11 Å². The normalized spacial score (nSPS) is 25.4. The minimum absolute atomic E-state index is 0.337. The molecule has 1 heterocycles. The molecule has 1 aromatic rings. The van der Waals surface area contributed by atoms with Gasteiger partial charge in [-0.25, -0.2) is 8.78 Å². The number of hydrogen-bond acceptors (Lipinski definition) is 2. The lowest BCUT2D eigenvalue weighted by molar-refractivity contribution is 0.139. The third-order valence-corrected chi connectivity index (χ3v) is 3.27. The molecule has 1 aliphatic rings. The standard InChI is InChI=1S/C13H17F2NO/c1-17-12-4-3-10(14)9-11(12)13(15)5-2-7-16-8-6-13/h3-4,9,16H,2,5-8H2,1H3. The Balaban J connectivity index is 2.38. The van der Waals surface area contributed by atoms with Crippen LogP contribution in [0.1, 0.15) is 24.8 Å². The van der Waals surface area contributed by atoms with Crippen LogP contribution < -0.4 is 10.1 Å². The minimum Gasteiger partial charge on any atom is -0.496 e. The van der Waals surface area contributed by atoms with E-state index in [0.717, 1.165) is 13.0 Å². The van der Waals surface area contributed by atoms with Gasteiger partial charge in [0.1, 0.15) is 17.2 Å². The molecule has 0 spiro atoms. The van der Waals surface area contributed by atoms with Crippen molar-refractivity contribution in [3.8, 4) is 5.75 Å². The first-order valence-corrected chi connectivity index (χ1v) is 5.89. The van der Waals surface area contributed by atoms with Gasteiger partial charge in [-0.1, -0.05) is 0 Å². The molecule has 0 aliphatic carbocycles. The van der Waals surface area contributed by atoms with Crippen molar-refractivity contribution >= 4 is 0 Å². The van der Waals surface area contributed by atoms with Gasteiger partial charge in [-0.05, 0) is 50.6 Å². The summed E-state index contributed by atoms with van der Waals surface area (Å²) in [6.07, 6.45) is 1.50. The molecule has 0 saturated carbocycles. The maximum atomic E-state index is 14.9. The van der Waals surface area contributed by atoms with E-state index < -0.39 is 11.5 Å². The molecule has 17 heavy (non-hydrogen) atoms. The number of benzene rings is 1. The third kappa shape index (κ3) is 2.57. The van der Waals surface area contributed by atoms with Crippen LogP contribution in [0.25, 0.3) is 0 Å². The van der Waals surface area contributed by atoms with E-state index >= 15 is 0 Å². The topological polar surface area (TPSA) is 21.3 Å². The van der Waals surface area contributed by atoms with Gasteiger partial charge in [-0.3, -0.25) is 0 Å². The van der Waals surface area contributed by atoms with E-state index in [9.17, 15) is 8.78 Å². The van der Waals surface area contributed by atoms with Gasteiger partial charge in [-0.15, -0.1) is 0 Å². The molecule has 1 N–H and O–H groups in total. The zero-order chi connectivity index (χ0) is 12.3. The molecule has 0 amide bonds. The Hall–Kier alpha value is -1.16. The van der Waals surface area contributed by atoms with Gasteiger partial charge in [0.2, 0.25) is 0 Å². The number of nitrogens with one attached hydrogen (secondary N) is 1. The predicted molar refractivity (Wildman–Crippen MR) is 62.5 cm³/mol. The molecule has 0 bridgehead atoms. The summed E-state index contributed by atoms with van der Waals surface area (Å²) in [7, 11) is 1.48. The average molecular weight is 241 g/mol. The molecule has 0 aromatic heterocycles. The predicted octanol–water partition coefficient (Wildman–Crippen LogP) is 2.77. The van der Waals surface area contributed by atoms with E-state index in [0.29, 0.717) is 30.7 Å². The number of ether oxygens (including phenoxy) is 1. The Bertz CT molecular complexity index is 387. The Kier molecular flexibility index (Phi) is 3.62. The molecule has 1 aliphatic heterocycles. The van der Waals surface area contributed by atoms with Crippen molar-refractivity contribution in [2.45, 2.75) is 24.9 Å². The van der Waals surface area contributed by atoms with Gasteiger partial charge in [0.15, 0.2) is 0 Å². The number of hydrogen-bond donors (Lipinski definition) is 1. The number of alkyl halides is 1. The third-order valence-electron chi connectivity index (χ3n) is 3.27. The lowest BCUT2D eigenvalue weighted by Gasteiger charge is -2.25. The van der Waals surface area contributed by atoms with E-state index in [-0.39, 0.29) is 0 Å². The maximum Gasteiger partial charge on any atom is 0.140 e. The van der Waals surface area contributed by atoms with Crippen molar-refractivity contribution in [2.24, 2.45) is 0 Å². The van der Waals surface area contributed by atoms with Crippen LogP contribution in [-0.2, 0) is 5.67 Å². The summed E-state index contributed by atoms with van der Waals surface area (Å²) in [4.78, 5) is 0. The van der Waals surface area contributed by atoms with Crippen LogP contribution >= 0.6 is 0 Å². The van der Waals surface area contributed by atoms with Crippen LogP contribution in [0.15, 0.2) is 18.2 Å². The Labute approximate surface area is 100.0 Å². The second kappa shape index (κ2) is 5.00. The molecular weight excluding hydrogens is 224 g/mol. The number of halogens is 2. The van der Waals surface area contributed by atoms with Gasteiger partial charge in [0.25, 0.3) is 0 Å². The van der Waals surface area contributed by atoms with E-state index in [1.165, 1.54) is 25.3 Å². The van der Waals surface area contributed by atoms with Crippen LogP contribution in [0, 0.1) is 5.82 Å². The highest BCUT2D eigenvalue weighted by Crippen LogP contribution is 2.40. The van der Waals surface area contributed by atoms with E-state index in [1.807, 2.05) is 0 Å². The lowest BCUT2D eigenvalue weighted by atomic mass is 9.88. The quantitative estimate of drug-likeness (QED) is 0.859. The van der Waals surface area contributed by atoms with Crippen molar-refractivity contribution in [1.29, 1.82) is 0 Å². The molecule has 1 fully saturated rings. The smallest absolute Gasteiger partial charge is 0.140 e. The minimum atomic E-state index is -1.49. The van der Waals surface area contributed by atoms with Gasteiger partial charge < -0.3 is 10.1 Å². The summed E-state index contributed by atoms with van der Waals surface area (Å²) in [6.45, 7) is 1.42. The SMILES string of the molecule is COc1ccc(F)cc1C1(F)CCCNCC1. The van der Waals surface area contributed by atoms with Crippen molar-refractivity contribution in [2.75, 3.05) is 20.2 Å². The molecule has 2 nitrogen and oxygen atoms in total. The molecule has 94 valence electrons. The zero-order valence-electron chi connectivity index (χ0n) is 9.93. The summed E-state index contributed by atoms with van der Waals surface area (Å²) >= 11 is 0. The van der Waals surface area contributed by atoms with Crippen LogP contribution in [0.4, 0.5) is 8.78 Å². The maximum absolute atomic E-state index is 14.9. The molecule has 4 heteroatoms. The molecule has 1 unspecified atom stereocenters. The monoisotopic (exact) mass is 241 g/mol. The highest BCUT2D eigenvalue weighted by Gasteiger charge is 2.35. The summed E-state index contributed by atoms with van der Waals surface area (Å²) in [5.74, 6) is 0.00540. The van der Waals surface area contributed by atoms with Crippen LogP contribution in [0.5, 0.6) is 5.75 Å². The summed E-state index contributed by atoms with van der Waals surface area (Å²) in [6, 6.07) is 4.04. The summed E-state index contributed by atoms with van der Waals surface area (Å²) < 4.78 is 33.3. The molecule has 1 atom stereocenters. The Morgan fingerprint density at radius 3 is 2.88 bits per heavy atom. The second-order valence-electron chi connectivity index (χ2n) is 4.41. The lowest BCUT2D eigenvalue weighted by Crippen LogP contribution is -2.23. The van der Waals surface area contributed by atoms with Gasteiger partial charge in [0, 0.05) is 5.56 Å². The zero-order valence-corrected chi connectivity index (χ0v) is 9.93. The second-order valence-corrected chi connectivity index (χ2v) is 4.41. The van der Waals surface area contributed by atoms with Crippen molar-refractivity contribution in [1.82, 2.24) is 5.32 Å².